The Kier molecular flexibility index (Phi) is 5.64. The van der Waals surface area contributed by atoms with Crippen LogP contribution < -0.4 is 19.3 Å². The molecule has 1 saturated heterocycles. The SMILES string of the molecule is O=S(=O)(c1ccccc1)c1cnc2cc3c(cc2c1N1CCN(c2ccccc2F)CC1)OCCO3. The van der Waals surface area contributed by atoms with Gasteiger partial charge in [-0.05, 0) is 30.3 Å². The van der Waals surface area contributed by atoms with Gasteiger partial charge in [0, 0.05) is 43.8 Å². The third kappa shape index (κ3) is 3.89. The van der Waals surface area contributed by atoms with Crippen molar-refractivity contribution in [1.29, 1.82) is 0 Å². The van der Waals surface area contributed by atoms with Crippen LogP contribution >= 0.6 is 0 Å². The maximum atomic E-state index is 14.4. The lowest BCUT2D eigenvalue weighted by Crippen LogP contribution is -2.47. The molecule has 4 aromatic rings. The van der Waals surface area contributed by atoms with Gasteiger partial charge >= 0.3 is 0 Å². The van der Waals surface area contributed by atoms with Crippen molar-refractivity contribution >= 4 is 32.1 Å². The minimum Gasteiger partial charge on any atom is -0.486 e. The van der Waals surface area contributed by atoms with Gasteiger partial charge in [0.05, 0.1) is 21.8 Å². The van der Waals surface area contributed by atoms with Gasteiger partial charge in [-0.2, -0.15) is 0 Å². The highest BCUT2D eigenvalue weighted by atomic mass is 32.2. The van der Waals surface area contributed by atoms with E-state index in [1.807, 2.05) is 21.9 Å². The van der Waals surface area contributed by atoms with Crippen LogP contribution in [-0.4, -0.2) is 52.8 Å². The van der Waals surface area contributed by atoms with Crippen molar-refractivity contribution in [1.82, 2.24) is 4.98 Å². The number of hydrogen-bond donors (Lipinski definition) is 0. The van der Waals surface area contributed by atoms with E-state index in [9.17, 15) is 12.8 Å². The average Bonchev–Trinajstić information content (AvgIpc) is 2.92. The molecule has 0 atom stereocenters. The lowest BCUT2D eigenvalue weighted by molar-refractivity contribution is 0.172. The second kappa shape index (κ2) is 8.98. The van der Waals surface area contributed by atoms with Crippen LogP contribution in [0, 0.1) is 5.82 Å². The van der Waals surface area contributed by atoms with E-state index in [1.54, 1.807) is 48.5 Å². The van der Waals surface area contributed by atoms with Crippen LogP contribution in [0.3, 0.4) is 0 Å². The largest absolute Gasteiger partial charge is 0.486 e. The van der Waals surface area contributed by atoms with Crippen LogP contribution in [0.2, 0.25) is 0 Å². The highest BCUT2D eigenvalue weighted by molar-refractivity contribution is 7.91. The summed E-state index contributed by atoms with van der Waals surface area (Å²) in [4.78, 5) is 8.88. The predicted molar refractivity (Wildman–Crippen MR) is 135 cm³/mol. The minimum atomic E-state index is -3.85. The number of anilines is 2. The van der Waals surface area contributed by atoms with Gasteiger partial charge in [0.1, 0.15) is 23.9 Å². The van der Waals surface area contributed by atoms with E-state index in [0.717, 1.165) is 0 Å². The third-order valence-corrected chi connectivity index (χ3v) is 8.37. The number of sulfone groups is 1. The Morgan fingerprint density at radius 2 is 1.44 bits per heavy atom. The number of halogens is 1. The van der Waals surface area contributed by atoms with Crippen LogP contribution in [0.4, 0.5) is 15.8 Å². The molecule has 9 heteroatoms. The van der Waals surface area contributed by atoms with Crippen LogP contribution in [0.5, 0.6) is 11.5 Å². The highest BCUT2D eigenvalue weighted by Crippen LogP contribution is 2.42. The Morgan fingerprint density at radius 3 is 2.17 bits per heavy atom. The Bertz CT molecular complexity index is 1540. The Hall–Kier alpha value is -3.85. The number of benzene rings is 3. The van der Waals surface area contributed by atoms with E-state index in [1.165, 1.54) is 12.3 Å². The number of aromatic nitrogens is 1. The summed E-state index contributed by atoms with van der Waals surface area (Å²) in [6.45, 7) is 2.98. The van der Waals surface area contributed by atoms with E-state index < -0.39 is 9.84 Å². The minimum absolute atomic E-state index is 0.136. The molecule has 6 rings (SSSR count). The molecular formula is C27H24FN3O4S. The fourth-order valence-corrected chi connectivity index (χ4v) is 6.28. The number of fused-ring (bicyclic) bond motifs is 2. The van der Waals surface area contributed by atoms with E-state index in [0.29, 0.717) is 73.2 Å². The molecular weight excluding hydrogens is 481 g/mol. The number of ether oxygens (including phenoxy) is 2. The normalized spacial score (nSPS) is 15.8. The van der Waals surface area contributed by atoms with E-state index in [-0.39, 0.29) is 15.6 Å². The Morgan fingerprint density at radius 1 is 0.806 bits per heavy atom. The van der Waals surface area contributed by atoms with Gasteiger partial charge in [-0.1, -0.05) is 30.3 Å². The number of piperazine rings is 1. The number of rotatable bonds is 4. The fourth-order valence-electron chi connectivity index (χ4n) is 4.83. The van der Waals surface area contributed by atoms with Crippen LogP contribution in [0.15, 0.2) is 82.7 Å². The molecule has 0 radical (unpaired) electrons. The Balaban J connectivity index is 1.46. The molecule has 1 aromatic heterocycles. The third-order valence-electron chi connectivity index (χ3n) is 6.60. The summed E-state index contributed by atoms with van der Waals surface area (Å²) >= 11 is 0. The molecule has 184 valence electrons. The lowest BCUT2D eigenvalue weighted by Gasteiger charge is -2.38. The molecule has 0 saturated carbocycles. The maximum Gasteiger partial charge on any atom is 0.210 e. The first-order valence-corrected chi connectivity index (χ1v) is 13.3. The van der Waals surface area contributed by atoms with E-state index >= 15 is 0 Å². The molecule has 2 aliphatic rings. The summed E-state index contributed by atoms with van der Waals surface area (Å²) in [6, 6.07) is 18.7. The molecule has 0 bridgehead atoms. The van der Waals surface area contributed by atoms with Gasteiger partial charge in [-0.25, -0.2) is 12.8 Å². The first-order valence-electron chi connectivity index (χ1n) is 11.8. The molecule has 7 nitrogen and oxygen atoms in total. The van der Waals surface area contributed by atoms with Crippen molar-refractivity contribution in [3.8, 4) is 11.5 Å². The summed E-state index contributed by atoms with van der Waals surface area (Å²) < 4.78 is 53.5. The number of nitrogens with zero attached hydrogens (tertiary/aromatic N) is 3. The van der Waals surface area contributed by atoms with Gasteiger partial charge in [-0.15, -0.1) is 0 Å². The molecule has 0 unspecified atom stereocenters. The van der Waals surface area contributed by atoms with Crippen molar-refractivity contribution in [3.63, 3.8) is 0 Å². The van der Waals surface area contributed by atoms with Crippen molar-refractivity contribution in [2.24, 2.45) is 0 Å². The smallest absolute Gasteiger partial charge is 0.210 e. The van der Waals surface area contributed by atoms with Crippen LogP contribution in [0.25, 0.3) is 10.9 Å². The van der Waals surface area contributed by atoms with Crippen LogP contribution in [0.1, 0.15) is 0 Å². The second-order valence-electron chi connectivity index (χ2n) is 8.73. The molecule has 1 fully saturated rings. The second-order valence-corrected chi connectivity index (χ2v) is 10.6. The van der Waals surface area contributed by atoms with Gasteiger partial charge in [0.2, 0.25) is 9.84 Å². The summed E-state index contributed by atoms with van der Waals surface area (Å²) in [6.07, 6.45) is 1.43. The highest BCUT2D eigenvalue weighted by Gasteiger charge is 2.30. The van der Waals surface area contributed by atoms with Gasteiger partial charge in [-0.3, -0.25) is 4.98 Å². The summed E-state index contributed by atoms with van der Waals surface area (Å²) in [7, 11) is -3.85. The number of pyridine rings is 1. The van der Waals surface area contributed by atoms with Gasteiger partial charge in [0.15, 0.2) is 11.5 Å². The van der Waals surface area contributed by atoms with Crippen LogP contribution in [-0.2, 0) is 9.84 Å². The van der Waals surface area contributed by atoms with Gasteiger partial charge < -0.3 is 19.3 Å². The Labute approximate surface area is 208 Å². The molecule has 0 amide bonds. The topological polar surface area (TPSA) is 72.0 Å². The van der Waals surface area contributed by atoms with Crippen molar-refractivity contribution < 1.29 is 22.3 Å². The molecule has 0 aliphatic carbocycles. The van der Waals surface area contributed by atoms with Crippen molar-refractivity contribution in [2.75, 3.05) is 49.2 Å². The van der Waals surface area contributed by atoms with Crippen molar-refractivity contribution in [3.05, 3.63) is 78.7 Å². The summed E-state index contributed by atoms with van der Waals surface area (Å²) in [5.41, 5.74) is 1.75. The zero-order valence-corrected chi connectivity index (χ0v) is 20.2. The zero-order chi connectivity index (χ0) is 24.7. The molecule has 0 spiro atoms. The number of para-hydroxylation sites is 1. The molecule has 0 N–H and O–H groups in total. The average molecular weight is 506 g/mol. The molecule has 2 aliphatic heterocycles. The fraction of sp³-hybridized carbons (Fsp3) is 0.222. The predicted octanol–water partition coefficient (Wildman–Crippen LogP) is 4.30. The molecule has 3 heterocycles. The standard InChI is InChI=1S/C27H24FN3O4S/c28-21-8-4-5-9-23(21)30-10-12-31(13-11-30)27-20-16-24-25(35-15-14-34-24)17-22(20)29-18-26(27)36(32,33)19-6-2-1-3-7-19/h1-9,16-18H,10-15H2. The van der Waals surface area contributed by atoms with E-state index in [4.69, 9.17) is 9.47 Å². The maximum absolute atomic E-state index is 14.4. The summed E-state index contributed by atoms with van der Waals surface area (Å²) in [5.74, 6) is 0.891. The quantitative estimate of drug-likeness (QED) is 0.409. The zero-order valence-electron chi connectivity index (χ0n) is 19.4. The summed E-state index contributed by atoms with van der Waals surface area (Å²) in [5, 5.41) is 0.676. The lowest BCUT2D eigenvalue weighted by atomic mass is 10.1. The van der Waals surface area contributed by atoms with E-state index in [2.05, 4.69) is 4.98 Å². The first-order chi connectivity index (χ1) is 17.5. The monoisotopic (exact) mass is 505 g/mol. The molecule has 3 aromatic carbocycles. The first kappa shape index (κ1) is 22.6. The number of hydrogen-bond acceptors (Lipinski definition) is 7. The molecule has 36 heavy (non-hydrogen) atoms. The van der Waals surface area contributed by atoms with Gasteiger partial charge in [0.25, 0.3) is 0 Å². The van der Waals surface area contributed by atoms with Crippen molar-refractivity contribution in [2.45, 2.75) is 9.79 Å².